The Balaban J connectivity index is 1.70. The van der Waals surface area contributed by atoms with Crippen LogP contribution in [-0.2, 0) is 10.0 Å². The Morgan fingerprint density at radius 1 is 1.33 bits per heavy atom. The third kappa shape index (κ3) is 4.49. The molecule has 1 N–H and O–H groups in total. The molecule has 0 bridgehead atoms. The second-order valence-corrected chi connectivity index (χ2v) is 9.32. The van der Waals surface area contributed by atoms with Crippen LogP contribution in [0.4, 0.5) is 0 Å². The Kier molecular flexibility index (Phi) is 5.82. The molecule has 2 aliphatic rings. The van der Waals surface area contributed by atoms with E-state index in [9.17, 15) is 8.42 Å². The average Bonchev–Trinajstić information content (AvgIpc) is 2.55. The molecular weight excluding hydrogens is 346 g/mol. The number of nitrogens with zero attached hydrogens (tertiary/aromatic N) is 2. The quantitative estimate of drug-likeness (QED) is 0.879. The lowest BCUT2D eigenvalue weighted by Gasteiger charge is -2.40. The summed E-state index contributed by atoms with van der Waals surface area (Å²) in [7, 11) is -3.09. The first kappa shape index (κ1) is 18.1. The van der Waals surface area contributed by atoms with E-state index in [0.717, 1.165) is 44.0 Å². The van der Waals surface area contributed by atoms with E-state index >= 15 is 0 Å². The fourth-order valence-corrected chi connectivity index (χ4v) is 4.96. The highest BCUT2D eigenvalue weighted by Crippen LogP contribution is 2.28. The molecule has 134 valence electrons. The Morgan fingerprint density at radius 2 is 2.17 bits per heavy atom. The van der Waals surface area contributed by atoms with Gasteiger partial charge in [0.15, 0.2) is 0 Å². The van der Waals surface area contributed by atoms with Crippen molar-refractivity contribution in [2.24, 2.45) is 5.92 Å². The van der Waals surface area contributed by atoms with E-state index in [0.29, 0.717) is 25.0 Å². The molecule has 1 aromatic carbocycles. The maximum Gasteiger partial charge on any atom is 0.211 e. The normalized spacial score (nSPS) is 27.2. The van der Waals surface area contributed by atoms with Crippen molar-refractivity contribution in [3.63, 3.8) is 0 Å². The summed E-state index contributed by atoms with van der Waals surface area (Å²) in [6, 6.07) is 8.36. The Morgan fingerprint density at radius 3 is 2.92 bits per heavy atom. The van der Waals surface area contributed by atoms with Crippen molar-refractivity contribution >= 4 is 21.6 Å². The molecule has 2 heterocycles. The van der Waals surface area contributed by atoms with Crippen LogP contribution >= 0.6 is 11.6 Å². The number of hydrogen-bond donors (Lipinski definition) is 1. The van der Waals surface area contributed by atoms with E-state index in [1.54, 1.807) is 4.31 Å². The van der Waals surface area contributed by atoms with Crippen LogP contribution in [0.5, 0.6) is 0 Å². The minimum atomic E-state index is -3.09. The number of hydrogen-bond acceptors (Lipinski definition) is 4. The molecular formula is C17H26ClN3O2S. The van der Waals surface area contributed by atoms with Gasteiger partial charge in [0.1, 0.15) is 0 Å². The highest BCUT2D eigenvalue weighted by atomic mass is 35.5. The van der Waals surface area contributed by atoms with Crippen molar-refractivity contribution in [3.05, 3.63) is 34.9 Å². The van der Waals surface area contributed by atoms with Gasteiger partial charge < -0.3 is 5.32 Å². The van der Waals surface area contributed by atoms with E-state index in [4.69, 9.17) is 11.6 Å². The zero-order valence-electron chi connectivity index (χ0n) is 14.1. The van der Waals surface area contributed by atoms with Crippen LogP contribution in [0, 0.1) is 5.92 Å². The average molecular weight is 372 g/mol. The maximum atomic E-state index is 11.8. The van der Waals surface area contributed by atoms with Crippen LogP contribution in [-0.4, -0.2) is 63.1 Å². The van der Waals surface area contributed by atoms with Crippen molar-refractivity contribution in [3.8, 4) is 0 Å². The summed E-state index contributed by atoms with van der Waals surface area (Å²) in [5.41, 5.74) is 1.23. The molecule has 5 nitrogen and oxygen atoms in total. The van der Waals surface area contributed by atoms with Gasteiger partial charge in [0.25, 0.3) is 0 Å². The third-order valence-corrected chi connectivity index (χ3v) is 6.54. The Labute approximate surface area is 150 Å². The number of rotatable bonds is 4. The van der Waals surface area contributed by atoms with Gasteiger partial charge in [-0.2, -0.15) is 0 Å². The first-order valence-corrected chi connectivity index (χ1v) is 10.8. The van der Waals surface area contributed by atoms with E-state index in [2.05, 4.69) is 16.3 Å². The number of sulfonamides is 1. The zero-order valence-corrected chi connectivity index (χ0v) is 15.7. The molecule has 2 fully saturated rings. The van der Waals surface area contributed by atoms with E-state index < -0.39 is 10.0 Å². The lowest BCUT2D eigenvalue weighted by Crippen LogP contribution is -2.50. The summed E-state index contributed by atoms with van der Waals surface area (Å²) >= 11 is 6.16. The molecule has 24 heavy (non-hydrogen) atoms. The van der Waals surface area contributed by atoms with Gasteiger partial charge in [-0.05, 0) is 36.5 Å². The summed E-state index contributed by atoms with van der Waals surface area (Å²) in [6.45, 7) is 5.10. The van der Waals surface area contributed by atoms with Gasteiger partial charge in [-0.25, -0.2) is 12.7 Å². The van der Waals surface area contributed by atoms with Crippen LogP contribution in [0.3, 0.4) is 0 Å². The first-order chi connectivity index (χ1) is 11.4. The second-order valence-electron chi connectivity index (χ2n) is 6.90. The fourth-order valence-electron chi connectivity index (χ4n) is 3.82. The van der Waals surface area contributed by atoms with Crippen LogP contribution in [0.25, 0.3) is 0 Å². The second kappa shape index (κ2) is 7.70. The molecule has 0 aromatic heterocycles. The van der Waals surface area contributed by atoms with Gasteiger partial charge in [0.2, 0.25) is 10.0 Å². The van der Waals surface area contributed by atoms with E-state index in [1.165, 1.54) is 11.8 Å². The molecule has 0 radical (unpaired) electrons. The maximum absolute atomic E-state index is 11.8. The number of piperidine rings is 1. The largest absolute Gasteiger partial charge is 0.314 e. The van der Waals surface area contributed by atoms with Crippen molar-refractivity contribution in [1.29, 1.82) is 0 Å². The summed E-state index contributed by atoms with van der Waals surface area (Å²) in [5, 5.41) is 4.22. The van der Waals surface area contributed by atoms with Crippen LogP contribution in [0.1, 0.15) is 24.4 Å². The Hall–Kier alpha value is -0.660. The van der Waals surface area contributed by atoms with Gasteiger partial charge in [0, 0.05) is 50.3 Å². The summed E-state index contributed by atoms with van der Waals surface area (Å²) in [6.07, 6.45) is 3.36. The van der Waals surface area contributed by atoms with Crippen molar-refractivity contribution in [2.45, 2.75) is 18.9 Å². The molecule has 2 saturated heterocycles. The molecule has 0 amide bonds. The first-order valence-electron chi connectivity index (χ1n) is 8.59. The highest BCUT2D eigenvalue weighted by molar-refractivity contribution is 7.88. The molecule has 2 aliphatic heterocycles. The van der Waals surface area contributed by atoms with Crippen molar-refractivity contribution in [2.75, 3.05) is 45.5 Å². The predicted octanol–water partition coefficient (Wildman–Crippen LogP) is 1.96. The molecule has 0 aliphatic carbocycles. The van der Waals surface area contributed by atoms with Gasteiger partial charge in [-0.3, -0.25) is 4.90 Å². The minimum absolute atomic E-state index is 0.297. The minimum Gasteiger partial charge on any atom is -0.314 e. The zero-order chi connectivity index (χ0) is 17.2. The smallest absolute Gasteiger partial charge is 0.211 e. The number of halogens is 1. The monoisotopic (exact) mass is 371 g/mol. The fraction of sp³-hybridized carbons (Fsp3) is 0.647. The number of nitrogens with one attached hydrogen (secondary N) is 1. The molecule has 2 atom stereocenters. The standard InChI is InChI=1S/C17H26ClN3O2S/c1-24(22,23)21-8-3-4-14(13-21)12-20-9-7-19-11-17(20)15-5-2-6-16(18)10-15/h2,5-6,10,14,17,19H,3-4,7-9,11-13H2,1H3. The van der Waals surface area contributed by atoms with Crippen LogP contribution < -0.4 is 5.32 Å². The highest BCUT2D eigenvalue weighted by Gasteiger charge is 2.30. The number of benzene rings is 1. The number of piperazine rings is 1. The van der Waals surface area contributed by atoms with Gasteiger partial charge >= 0.3 is 0 Å². The van der Waals surface area contributed by atoms with Crippen molar-refractivity contribution in [1.82, 2.24) is 14.5 Å². The molecule has 0 spiro atoms. The van der Waals surface area contributed by atoms with Gasteiger partial charge in [0.05, 0.1) is 6.26 Å². The Bertz CT molecular complexity index is 668. The molecule has 0 saturated carbocycles. The van der Waals surface area contributed by atoms with Gasteiger partial charge in [-0.1, -0.05) is 23.7 Å². The summed E-state index contributed by atoms with van der Waals surface area (Å²) in [5.74, 6) is 0.397. The van der Waals surface area contributed by atoms with Gasteiger partial charge in [-0.15, -0.1) is 0 Å². The lowest BCUT2D eigenvalue weighted by atomic mass is 9.96. The molecule has 3 rings (SSSR count). The summed E-state index contributed by atoms with van der Waals surface area (Å²) in [4.78, 5) is 2.48. The molecule has 7 heteroatoms. The van der Waals surface area contributed by atoms with E-state index in [1.807, 2.05) is 18.2 Å². The lowest BCUT2D eigenvalue weighted by molar-refractivity contribution is 0.115. The third-order valence-electron chi connectivity index (χ3n) is 5.03. The van der Waals surface area contributed by atoms with E-state index in [-0.39, 0.29) is 0 Å². The SMILES string of the molecule is CS(=O)(=O)N1CCCC(CN2CCNCC2c2cccc(Cl)c2)C1. The molecule has 2 unspecified atom stereocenters. The topological polar surface area (TPSA) is 52.7 Å². The van der Waals surface area contributed by atoms with Crippen LogP contribution in [0.15, 0.2) is 24.3 Å². The molecule has 1 aromatic rings. The summed E-state index contributed by atoms with van der Waals surface area (Å²) < 4.78 is 25.3. The van der Waals surface area contributed by atoms with Crippen LogP contribution in [0.2, 0.25) is 5.02 Å². The predicted molar refractivity (Wildman–Crippen MR) is 97.8 cm³/mol. The van der Waals surface area contributed by atoms with Crippen molar-refractivity contribution < 1.29 is 8.42 Å².